The van der Waals surface area contributed by atoms with Crippen molar-refractivity contribution in [2.75, 3.05) is 31.9 Å². The normalized spacial score (nSPS) is 19.2. The van der Waals surface area contributed by atoms with E-state index in [2.05, 4.69) is 21.3 Å². The molecule has 0 aliphatic carbocycles. The zero-order valence-electron chi connectivity index (χ0n) is 26.9. The van der Waals surface area contributed by atoms with E-state index in [1.165, 1.54) is 0 Å². The number of carbonyl (C=O) groups is 5. The van der Waals surface area contributed by atoms with Gasteiger partial charge in [-0.15, -0.1) is 0 Å². The van der Waals surface area contributed by atoms with Gasteiger partial charge in [-0.2, -0.15) is 0 Å². The number of carbonyl (C=O) groups excluding carboxylic acids is 4. The summed E-state index contributed by atoms with van der Waals surface area (Å²) < 4.78 is 60.4. The van der Waals surface area contributed by atoms with Gasteiger partial charge in [-0.3, -0.25) is 9.59 Å². The second-order valence-corrected chi connectivity index (χ2v) is 14.4. The summed E-state index contributed by atoms with van der Waals surface area (Å²) in [6.45, 7) is -0.267. The van der Waals surface area contributed by atoms with Gasteiger partial charge >= 0.3 is 25.1 Å². The smallest absolute Gasteiger partial charge is 0.534 e. The van der Waals surface area contributed by atoms with E-state index >= 15 is 0 Å². The predicted octanol–water partition coefficient (Wildman–Crippen LogP) is -0.0564. The minimum Gasteiger partial charge on any atom is -0.534 e. The van der Waals surface area contributed by atoms with Crippen LogP contribution in [0.3, 0.4) is 0 Å². The number of carboxylic acids is 1. The van der Waals surface area contributed by atoms with Crippen LogP contribution in [0.4, 0.5) is 18.4 Å². The Labute approximate surface area is 299 Å². The number of benzene rings is 2. The Kier molecular flexibility index (Phi) is 11.3. The van der Waals surface area contributed by atoms with Crippen molar-refractivity contribution in [3.8, 4) is 17.2 Å². The summed E-state index contributed by atoms with van der Waals surface area (Å²) >= 11 is 6.11. The van der Waals surface area contributed by atoms with Gasteiger partial charge in [-0.1, -0.05) is 17.7 Å². The highest BCUT2D eigenvalue weighted by Gasteiger charge is 2.43. The summed E-state index contributed by atoms with van der Waals surface area (Å²) in [4.78, 5) is 64.4. The van der Waals surface area contributed by atoms with Crippen LogP contribution in [0.2, 0.25) is 5.02 Å². The molecule has 18 nitrogen and oxygen atoms in total. The first-order valence-electron chi connectivity index (χ1n) is 15.7. The molecule has 8 N–H and O–H groups in total. The summed E-state index contributed by atoms with van der Waals surface area (Å²) in [6, 6.07) is -2.65. The Bertz CT molecular complexity index is 1920. The Morgan fingerprint density at radius 2 is 1.87 bits per heavy atom. The number of hydrogen-bond acceptors (Lipinski definition) is 12. The van der Waals surface area contributed by atoms with Crippen LogP contribution in [-0.4, -0.2) is 119 Å². The highest BCUT2D eigenvalue weighted by Crippen LogP contribution is 2.41. The highest BCUT2D eigenvalue weighted by molar-refractivity contribution is 7.89. The van der Waals surface area contributed by atoms with Crippen molar-refractivity contribution in [3.63, 3.8) is 0 Å². The van der Waals surface area contributed by atoms with Crippen molar-refractivity contribution >= 4 is 58.6 Å². The lowest BCUT2D eigenvalue weighted by atomic mass is 9.72. The molecule has 23 heteroatoms. The molecule has 2 aromatic carbocycles. The molecular formula is C29H32BClF2N6O12S. The maximum Gasteiger partial charge on any atom is 0.547 e. The van der Waals surface area contributed by atoms with E-state index in [0.717, 1.165) is 18.6 Å². The fraction of sp³-hybridized carbons (Fsp3) is 0.414. The zero-order chi connectivity index (χ0) is 38.1. The number of fused-ring (bicyclic) bond motifs is 1. The Morgan fingerprint density at radius 3 is 2.54 bits per heavy atom. The molecule has 2 fully saturated rings. The number of halogens is 3. The van der Waals surface area contributed by atoms with Gasteiger partial charge in [0.1, 0.15) is 23.2 Å². The molecule has 0 saturated carbocycles. The molecule has 3 aliphatic heterocycles. The number of amides is 6. The minimum atomic E-state index is -4.29. The lowest BCUT2D eigenvalue weighted by molar-refractivity contribution is -0.124. The zero-order valence-corrected chi connectivity index (χ0v) is 28.5. The molecule has 2 aromatic rings. The summed E-state index contributed by atoms with van der Waals surface area (Å²) in [5, 5.41) is 49.2. The minimum absolute atomic E-state index is 0.0000147. The molecule has 3 aliphatic rings. The molecule has 2 saturated heterocycles. The van der Waals surface area contributed by atoms with Gasteiger partial charge in [0.05, 0.1) is 35.8 Å². The van der Waals surface area contributed by atoms with Crippen molar-refractivity contribution in [2.24, 2.45) is 0 Å². The molecule has 0 spiro atoms. The summed E-state index contributed by atoms with van der Waals surface area (Å²) in [6.07, 6.45) is 1.07. The third kappa shape index (κ3) is 7.78. The number of urea groups is 2. The molecule has 3 heterocycles. The van der Waals surface area contributed by atoms with Crippen molar-refractivity contribution < 1.29 is 66.2 Å². The number of phenolic OH excluding ortho intramolecular Hbond substituents is 2. The standard InChI is InChI=1S/C29H32BClF2N6O12S/c31-20-14(12-16(33)22(40)23(20)41)21(26(43)36-18-11-13-4-5-15(32)19(27(44)45)24(13)51-30(18)48)37-28(46)38-8-9-39(29(38)47)52(49,50)10-2-7-35-25(42)17-3-1-6-34-17/h4-5,12,17-18,21,34,40-41,48H,1-3,6-11H2,(H,35,42)(H,36,43)(H,37,46)(H,44,45)/t17?,18-,21?/m0/s1. The topological polar surface area (TPSA) is 264 Å². The number of nitrogens with zero attached hydrogens (tertiary/aromatic N) is 2. The monoisotopic (exact) mass is 772 g/mol. The van der Waals surface area contributed by atoms with Crippen molar-refractivity contribution in [2.45, 2.75) is 43.7 Å². The van der Waals surface area contributed by atoms with Gasteiger partial charge in [0.25, 0.3) is 0 Å². The van der Waals surface area contributed by atoms with Gasteiger partial charge in [0.2, 0.25) is 21.8 Å². The van der Waals surface area contributed by atoms with Gasteiger partial charge in [-0.25, -0.2) is 40.8 Å². The SMILES string of the molecule is O=C(O)c1c(F)ccc2c1OB(O)[C@@H](NC(=O)C(NC(=O)N1CCN(S(=O)(=O)CCCNC(=O)C3CCCN3)C1=O)c1cc(F)c(O)c(O)c1Cl)C2. The first-order chi connectivity index (χ1) is 24.5. The third-order valence-electron chi connectivity index (χ3n) is 8.59. The first kappa shape index (κ1) is 38.3. The number of aromatic hydroxyl groups is 2. The van der Waals surface area contributed by atoms with E-state index in [0.29, 0.717) is 28.2 Å². The summed E-state index contributed by atoms with van der Waals surface area (Å²) in [5.74, 6) is -10.9. The average molecular weight is 773 g/mol. The molecule has 5 rings (SSSR count). The number of phenols is 2. The van der Waals surface area contributed by atoms with Gasteiger partial charge in [-0.05, 0) is 49.9 Å². The van der Waals surface area contributed by atoms with Crippen LogP contribution >= 0.6 is 11.6 Å². The molecule has 280 valence electrons. The van der Waals surface area contributed by atoms with Crippen LogP contribution in [0.1, 0.15) is 46.8 Å². The largest absolute Gasteiger partial charge is 0.547 e. The summed E-state index contributed by atoms with van der Waals surface area (Å²) in [7, 11) is -6.28. The van der Waals surface area contributed by atoms with Crippen LogP contribution in [0.5, 0.6) is 17.2 Å². The molecule has 0 bridgehead atoms. The quantitative estimate of drug-likeness (QED) is 0.0847. The van der Waals surface area contributed by atoms with Gasteiger partial charge in [0.15, 0.2) is 17.3 Å². The average Bonchev–Trinajstić information content (AvgIpc) is 3.77. The number of aromatic carboxylic acids is 1. The fourth-order valence-corrected chi connectivity index (χ4v) is 7.59. The van der Waals surface area contributed by atoms with E-state index in [9.17, 15) is 61.5 Å². The molecule has 52 heavy (non-hydrogen) atoms. The van der Waals surface area contributed by atoms with Gasteiger partial charge < -0.3 is 46.3 Å². The number of sulfonamides is 1. The fourth-order valence-electron chi connectivity index (χ4n) is 5.91. The Hall–Kier alpha value is -4.93. The van der Waals surface area contributed by atoms with E-state index in [-0.39, 0.29) is 36.9 Å². The second-order valence-electron chi connectivity index (χ2n) is 12.0. The second kappa shape index (κ2) is 15.4. The van der Waals surface area contributed by atoms with Crippen LogP contribution in [-0.2, 0) is 26.0 Å². The molecule has 3 atom stereocenters. The maximum absolute atomic E-state index is 14.6. The highest BCUT2D eigenvalue weighted by atomic mass is 35.5. The van der Waals surface area contributed by atoms with Crippen LogP contribution < -0.4 is 25.9 Å². The number of rotatable bonds is 11. The number of hydrogen-bond donors (Lipinski definition) is 8. The Morgan fingerprint density at radius 1 is 1.13 bits per heavy atom. The van der Waals surface area contributed by atoms with E-state index in [4.69, 9.17) is 16.3 Å². The van der Waals surface area contributed by atoms with Gasteiger partial charge in [0, 0.05) is 12.1 Å². The van der Waals surface area contributed by atoms with Crippen LogP contribution in [0.15, 0.2) is 18.2 Å². The van der Waals surface area contributed by atoms with E-state index in [1.54, 1.807) is 0 Å². The van der Waals surface area contributed by atoms with Crippen LogP contribution in [0, 0.1) is 11.6 Å². The lowest BCUT2D eigenvalue weighted by Gasteiger charge is -2.31. The van der Waals surface area contributed by atoms with Crippen LogP contribution in [0.25, 0.3) is 0 Å². The van der Waals surface area contributed by atoms with Crippen molar-refractivity contribution in [1.82, 2.24) is 30.5 Å². The number of carboxylic acid groups (broad SMARTS) is 1. The summed E-state index contributed by atoms with van der Waals surface area (Å²) in [5.41, 5.74) is -1.46. The molecule has 6 amide bonds. The molecule has 0 radical (unpaired) electrons. The maximum atomic E-state index is 14.6. The molecule has 2 unspecified atom stereocenters. The number of nitrogens with one attached hydrogen (secondary N) is 4. The van der Waals surface area contributed by atoms with E-state index in [1.807, 2.05) is 0 Å². The first-order valence-corrected chi connectivity index (χ1v) is 17.7. The Balaban J connectivity index is 1.31. The molecular weight excluding hydrogens is 741 g/mol. The van der Waals surface area contributed by atoms with Crippen molar-refractivity contribution in [3.05, 3.63) is 51.5 Å². The predicted molar refractivity (Wildman–Crippen MR) is 175 cm³/mol. The molecule has 0 aromatic heterocycles. The number of imide groups is 1. The van der Waals surface area contributed by atoms with E-state index < -0.39 is 117 Å². The van der Waals surface area contributed by atoms with Crippen molar-refractivity contribution in [1.29, 1.82) is 0 Å². The third-order valence-corrected chi connectivity index (χ3v) is 10.8. The lowest BCUT2D eigenvalue weighted by Crippen LogP contribution is -2.56.